The smallest absolute Gasteiger partial charge is 0.211 e. The van der Waals surface area contributed by atoms with Crippen LogP contribution in [0.3, 0.4) is 0 Å². The third-order valence-corrected chi connectivity index (χ3v) is 5.59. The quantitative estimate of drug-likeness (QED) is 0.709. The first-order chi connectivity index (χ1) is 11.1. The Labute approximate surface area is 139 Å². The molecule has 1 aliphatic carbocycles. The van der Waals surface area contributed by atoms with Crippen LogP contribution in [0, 0.1) is 5.41 Å². The highest BCUT2D eigenvalue weighted by Crippen LogP contribution is 2.46. The monoisotopic (exact) mass is 307 g/mol. The molecule has 1 fully saturated rings. The van der Waals surface area contributed by atoms with E-state index in [9.17, 15) is 4.79 Å². The van der Waals surface area contributed by atoms with Crippen LogP contribution >= 0.6 is 0 Å². The molecule has 1 heterocycles. The summed E-state index contributed by atoms with van der Waals surface area (Å²) in [4.78, 5) is 16.8. The predicted octanol–water partition coefficient (Wildman–Crippen LogP) is 5.39. The lowest BCUT2D eigenvalue weighted by atomic mass is 9.66. The fourth-order valence-corrected chi connectivity index (χ4v) is 3.79. The van der Waals surface area contributed by atoms with Gasteiger partial charge in [-0.1, -0.05) is 57.4 Å². The van der Waals surface area contributed by atoms with Gasteiger partial charge in [0.1, 0.15) is 5.69 Å². The largest absolute Gasteiger partial charge is 0.287 e. The van der Waals surface area contributed by atoms with Crippen LogP contribution in [0.25, 0.3) is 0 Å². The maximum atomic E-state index is 12.6. The van der Waals surface area contributed by atoms with Crippen molar-refractivity contribution < 1.29 is 4.79 Å². The van der Waals surface area contributed by atoms with E-state index in [1.807, 2.05) is 24.3 Å². The minimum absolute atomic E-state index is 0.00782. The zero-order valence-electron chi connectivity index (χ0n) is 14.1. The van der Waals surface area contributed by atoms with Gasteiger partial charge in [-0.05, 0) is 47.9 Å². The van der Waals surface area contributed by atoms with E-state index < -0.39 is 0 Å². The van der Waals surface area contributed by atoms with E-state index >= 15 is 0 Å². The Balaban J connectivity index is 1.86. The predicted molar refractivity (Wildman–Crippen MR) is 93.7 cm³/mol. The fourth-order valence-electron chi connectivity index (χ4n) is 3.79. The summed E-state index contributed by atoms with van der Waals surface area (Å²) in [7, 11) is 0. The van der Waals surface area contributed by atoms with Crippen LogP contribution in [0.4, 0.5) is 0 Å². The molecular formula is C21H25NO. The van der Waals surface area contributed by atoms with Crippen molar-refractivity contribution in [3.05, 3.63) is 65.5 Å². The zero-order valence-corrected chi connectivity index (χ0v) is 14.1. The van der Waals surface area contributed by atoms with Gasteiger partial charge in [0.15, 0.2) is 0 Å². The molecule has 1 aromatic carbocycles. The molecule has 0 N–H and O–H groups in total. The number of hydrogen-bond acceptors (Lipinski definition) is 2. The van der Waals surface area contributed by atoms with E-state index in [1.54, 1.807) is 12.3 Å². The molecule has 1 aliphatic rings. The molecule has 23 heavy (non-hydrogen) atoms. The van der Waals surface area contributed by atoms with Gasteiger partial charge in [0.05, 0.1) is 0 Å². The normalized spacial score (nSPS) is 18.3. The number of rotatable bonds is 4. The molecule has 0 saturated heterocycles. The summed E-state index contributed by atoms with van der Waals surface area (Å²) in [6.45, 7) is 4.72. The van der Waals surface area contributed by atoms with Gasteiger partial charge in [0.2, 0.25) is 5.78 Å². The lowest BCUT2D eigenvalue weighted by Crippen LogP contribution is -2.26. The van der Waals surface area contributed by atoms with Crippen LogP contribution in [-0.4, -0.2) is 10.8 Å². The van der Waals surface area contributed by atoms with Crippen LogP contribution in [-0.2, 0) is 0 Å². The summed E-state index contributed by atoms with van der Waals surface area (Å²) < 4.78 is 0. The third kappa shape index (κ3) is 3.36. The molecule has 1 unspecified atom stereocenters. The van der Waals surface area contributed by atoms with Crippen molar-refractivity contribution in [3.63, 3.8) is 0 Å². The molecule has 0 radical (unpaired) electrons. The number of carbonyl (C=O) groups excluding carboxylic acids is 1. The molecule has 0 bridgehead atoms. The number of carbonyl (C=O) groups is 1. The minimum Gasteiger partial charge on any atom is -0.287 e. The van der Waals surface area contributed by atoms with Crippen molar-refractivity contribution in [2.24, 2.45) is 5.41 Å². The number of hydrogen-bond donors (Lipinski definition) is 0. The Bertz CT molecular complexity index is 671. The van der Waals surface area contributed by atoms with E-state index in [2.05, 4.69) is 31.0 Å². The molecule has 0 amide bonds. The Morgan fingerprint density at radius 2 is 1.87 bits per heavy atom. The standard InChI is InChI=1S/C21H25NO/c1-16(21(2)12-5-3-6-13-21)17-9-8-10-18(15-17)20(23)19-11-4-7-14-22-19/h4,7-11,14-16H,3,5-6,12-13H2,1-2H3. The van der Waals surface area contributed by atoms with Crippen molar-refractivity contribution in [3.8, 4) is 0 Å². The van der Waals surface area contributed by atoms with Gasteiger partial charge in [-0.2, -0.15) is 0 Å². The first-order valence-electron chi connectivity index (χ1n) is 8.66. The van der Waals surface area contributed by atoms with Crippen molar-refractivity contribution >= 4 is 5.78 Å². The average molecular weight is 307 g/mol. The molecule has 1 saturated carbocycles. The number of ketones is 1. The van der Waals surface area contributed by atoms with Gasteiger partial charge >= 0.3 is 0 Å². The minimum atomic E-state index is 0.00782. The van der Waals surface area contributed by atoms with E-state index in [0.717, 1.165) is 5.56 Å². The van der Waals surface area contributed by atoms with Crippen molar-refractivity contribution in [2.75, 3.05) is 0 Å². The van der Waals surface area contributed by atoms with Crippen molar-refractivity contribution in [2.45, 2.75) is 51.9 Å². The first-order valence-corrected chi connectivity index (χ1v) is 8.66. The molecule has 2 heteroatoms. The fraction of sp³-hybridized carbons (Fsp3) is 0.429. The first kappa shape index (κ1) is 15.9. The SMILES string of the molecule is CC(c1cccc(C(=O)c2ccccn2)c1)C1(C)CCCCC1. The van der Waals surface area contributed by atoms with E-state index in [4.69, 9.17) is 0 Å². The van der Waals surface area contributed by atoms with Gasteiger partial charge in [-0.25, -0.2) is 0 Å². The highest BCUT2D eigenvalue weighted by molar-refractivity contribution is 6.07. The van der Waals surface area contributed by atoms with Gasteiger partial charge < -0.3 is 0 Å². The van der Waals surface area contributed by atoms with Crippen molar-refractivity contribution in [1.29, 1.82) is 0 Å². The van der Waals surface area contributed by atoms with Crippen molar-refractivity contribution in [1.82, 2.24) is 4.98 Å². The van der Waals surface area contributed by atoms with E-state index in [-0.39, 0.29) is 5.78 Å². The summed E-state index contributed by atoms with van der Waals surface area (Å²) in [5, 5.41) is 0. The molecule has 120 valence electrons. The molecule has 1 atom stereocenters. The molecule has 3 rings (SSSR count). The second-order valence-corrected chi connectivity index (χ2v) is 7.11. The summed E-state index contributed by atoms with van der Waals surface area (Å²) in [6, 6.07) is 13.6. The Morgan fingerprint density at radius 1 is 1.09 bits per heavy atom. The topological polar surface area (TPSA) is 30.0 Å². The Kier molecular flexibility index (Phi) is 4.61. The van der Waals surface area contributed by atoms with E-state index in [1.165, 1.54) is 37.7 Å². The highest BCUT2D eigenvalue weighted by atomic mass is 16.1. The molecule has 0 spiro atoms. The molecular weight excluding hydrogens is 282 g/mol. The van der Waals surface area contributed by atoms with Crippen LogP contribution in [0.1, 0.15) is 73.5 Å². The highest BCUT2D eigenvalue weighted by Gasteiger charge is 2.33. The lowest BCUT2D eigenvalue weighted by Gasteiger charge is -2.39. The number of aromatic nitrogens is 1. The zero-order chi connectivity index (χ0) is 16.3. The molecule has 0 aliphatic heterocycles. The van der Waals surface area contributed by atoms with Crippen LogP contribution in [0.15, 0.2) is 48.7 Å². The summed E-state index contributed by atoms with van der Waals surface area (Å²) in [6.07, 6.45) is 8.25. The summed E-state index contributed by atoms with van der Waals surface area (Å²) >= 11 is 0. The van der Waals surface area contributed by atoms with Gasteiger partial charge in [-0.15, -0.1) is 0 Å². The maximum absolute atomic E-state index is 12.6. The lowest BCUT2D eigenvalue weighted by molar-refractivity contribution is 0.103. The van der Waals surface area contributed by atoms with Gasteiger partial charge in [-0.3, -0.25) is 9.78 Å². The molecule has 2 nitrogen and oxygen atoms in total. The second kappa shape index (κ2) is 6.66. The Hall–Kier alpha value is -1.96. The number of benzene rings is 1. The maximum Gasteiger partial charge on any atom is 0.211 e. The van der Waals surface area contributed by atoms with Crippen LogP contribution in [0.5, 0.6) is 0 Å². The third-order valence-electron chi connectivity index (χ3n) is 5.59. The van der Waals surface area contributed by atoms with Crippen LogP contribution in [0.2, 0.25) is 0 Å². The van der Waals surface area contributed by atoms with E-state index in [0.29, 0.717) is 17.0 Å². The molecule has 1 aromatic heterocycles. The number of pyridine rings is 1. The van der Waals surface area contributed by atoms with Crippen LogP contribution < -0.4 is 0 Å². The van der Waals surface area contributed by atoms with Gasteiger partial charge in [0.25, 0.3) is 0 Å². The number of nitrogens with zero attached hydrogens (tertiary/aromatic N) is 1. The second-order valence-electron chi connectivity index (χ2n) is 7.11. The summed E-state index contributed by atoms with van der Waals surface area (Å²) in [5.41, 5.74) is 2.88. The Morgan fingerprint density at radius 3 is 2.57 bits per heavy atom. The average Bonchev–Trinajstić information content (AvgIpc) is 2.62. The summed E-state index contributed by atoms with van der Waals surface area (Å²) in [5.74, 6) is 0.479. The van der Waals surface area contributed by atoms with Gasteiger partial charge in [0, 0.05) is 11.8 Å². The molecule has 2 aromatic rings.